The summed E-state index contributed by atoms with van der Waals surface area (Å²) in [4.78, 5) is 80.9. The lowest BCUT2D eigenvalue weighted by atomic mass is 10.0. The number of benzene rings is 2. The van der Waals surface area contributed by atoms with Crippen LogP contribution in [0.1, 0.15) is 64.6 Å². The van der Waals surface area contributed by atoms with Gasteiger partial charge in [0.1, 0.15) is 17.9 Å². The number of nitrogens with zero attached hydrogens (tertiary/aromatic N) is 6. The third kappa shape index (κ3) is 7.31. The first-order valence-corrected chi connectivity index (χ1v) is 18.9. The van der Waals surface area contributed by atoms with Gasteiger partial charge in [-0.1, -0.05) is 6.07 Å². The molecule has 6 aromatic rings. The van der Waals surface area contributed by atoms with Crippen molar-refractivity contribution in [1.29, 1.82) is 0 Å². The molecule has 0 radical (unpaired) electrons. The number of halogens is 1. The Balaban J connectivity index is 0.872. The number of alkyl halides is 1. The molecule has 1 aliphatic carbocycles. The van der Waals surface area contributed by atoms with E-state index >= 15 is 0 Å². The molecule has 58 heavy (non-hydrogen) atoms. The van der Waals surface area contributed by atoms with Crippen molar-refractivity contribution in [2.45, 2.75) is 56.8 Å². The third-order valence-electron chi connectivity index (χ3n) is 10.5. The zero-order valence-electron chi connectivity index (χ0n) is 31.6. The first kappa shape index (κ1) is 37.8. The molecule has 5 heterocycles. The minimum atomic E-state index is -1.07. The highest BCUT2D eigenvalue weighted by Crippen LogP contribution is 2.27. The van der Waals surface area contributed by atoms with Crippen LogP contribution in [0.2, 0.25) is 0 Å². The van der Waals surface area contributed by atoms with Gasteiger partial charge < -0.3 is 21.3 Å². The Hall–Kier alpha value is -7.11. The predicted molar refractivity (Wildman–Crippen MR) is 212 cm³/mol. The molecular weight excluding hydrogens is 750 g/mol. The Morgan fingerprint density at radius 3 is 2.50 bits per heavy atom. The summed E-state index contributed by atoms with van der Waals surface area (Å²) < 4.78 is 19.2. The molecule has 2 aromatic carbocycles. The number of anilines is 3. The molecule has 5 N–H and O–H groups in total. The standard InChI is InChI=1S/C40H40FN11O6/c1-42-28-20-33(48-52-32(21-44-35(28)52)38(56)46-27-19-25(27)41)45-26-7-5-17-50(39(26)57)24-11-9-23(10-12-24)36(54)43-16-4-3-6-22-8-13-29-31(18-22)49(2)40(58)51(29)30-14-15-34(53)47-37(30)55/h5,7-13,17-18,20-21,25,27,30,42H,3-4,6,14-16,19H2,1-2H3,(H,43,54)(H,45,48)(H,46,56)(H,47,53,55)/t25-,27+,30?/m0/s1. The van der Waals surface area contributed by atoms with Gasteiger partial charge in [0.05, 0.1) is 29.0 Å². The minimum absolute atomic E-state index is 0.120. The monoisotopic (exact) mass is 789 g/mol. The molecule has 17 nitrogen and oxygen atoms in total. The van der Waals surface area contributed by atoms with Gasteiger partial charge >= 0.3 is 5.69 Å². The number of pyridine rings is 1. The van der Waals surface area contributed by atoms with E-state index in [1.165, 1.54) is 24.4 Å². The number of nitrogens with one attached hydrogen (secondary N) is 5. The second kappa shape index (κ2) is 15.4. The number of hydrogen-bond donors (Lipinski definition) is 5. The van der Waals surface area contributed by atoms with Crippen LogP contribution >= 0.6 is 0 Å². The number of piperidine rings is 1. The Kier molecular flexibility index (Phi) is 10.1. The van der Waals surface area contributed by atoms with Crippen LogP contribution in [0.3, 0.4) is 0 Å². The number of amides is 4. The Morgan fingerprint density at radius 1 is 0.966 bits per heavy atom. The molecular formula is C40H40FN11O6. The van der Waals surface area contributed by atoms with Crippen LogP contribution in [0.5, 0.6) is 0 Å². The fraction of sp³-hybridized carbons (Fsp3) is 0.300. The van der Waals surface area contributed by atoms with Crippen molar-refractivity contribution >= 4 is 57.5 Å². The van der Waals surface area contributed by atoms with Gasteiger partial charge in [0.2, 0.25) is 11.8 Å². The van der Waals surface area contributed by atoms with Crippen molar-refractivity contribution in [2.75, 3.05) is 24.2 Å². The lowest BCUT2D eigenvalue weighted by Crippen LogP contribution is -2.44. The predicted octanol–water partition coefficient (Wildman–Crippen LogP) is 2.89. The van der Waals surface area contributed by atoms with Gasteiger partial charge in [0.15, 0.2) is 17.2 Å². The Labute approximate surface area is 329 Å². The van der Waals surface area contributed by atoms with Crippen LogP contribution < -0.4 is 37.8 Å². The molecule has 0 spiro atoms. The zero-order valence-corrected chi connectivity index (χ0v) is 31.6. The molecule has 1 aliphatic heterocycles. The van der Waals surface area contributed by atoms with Gasteiger partial charge in [0.25, 0.3) is 17.4 Å². The summed E-state index contributed by atoms with van der Waals surface area (Å²) in [6.07, 6.45) is 4.82. The van der Waals surface area contributed by atoms with Crippen molar-refractivity contribution < 1.29 is 23.6 Å². The topological polar surface area (TPSA) is 208 Å². The number of carbonyl (C=O) groups excluding carboxylic acids is 4. The summed E-state index contributed by atoms with van der Waals surface area (Å²) in [5.74, 6) is -1.31. The van der Waals surface area contributed by atoms with Crippen molar-refractivity contribution in [2.24, 2.45) is 7.05 Å². The summed E-state index contributed by atoms with van der Waals surface area (Å²) >= 11 is 0. The quantitative estimate of drug-likeness (QED) is 0.0854. The number of aryl methyl sites for hydroxylation is 2. The molecule has 1 saturated carbocycles. The molecule has 18 heteroatoms. The molecule has 298 valence electrons. The average molecular weight is 790 g/mol. The highest BCUT2D eigenvalue weighted by molar-refractivity contribution is 6.00. The maximum atomic E-state index is 13.6. The Bertz CT molecular complexity index is 2730. The molecule has 0 bridgehead atoms. The Morgan fingerprint density at radius 2 is 1.76 bits per heavy atom. The van der Waals surface area contributed by atoms with Crippen LogP contribution in [0.4, 0.5) is 21.6 Å². The number of fused-ring (bicyclic) bond motifs is 2. The number of imidazole rings is 2. The van der Waals surface area contributed by atoms with Crippen molar-refractivity contribution in [3.8, 4) is 5.69 Å². The SMILES string of the molecule is CNc1cc(Nc2cccn(-c3ccc(C(=O)NCCCCc4ccc5c(c4)n(C)c(=O)n5C4CCC(=O)NC4=O)cc3)c2=O)nn2c(C(=O)N[C@@H]3C[C@@H]3F)cnc12. The van der Waals surface area contributed by atoms with Crippen molar-refractivity contribution in [3.05, 3.63) is 111 Å². The summed E-state index contributed by atoms with van der Waals surface area (Å²) in [5.41, 5.74) is 3.86. The number of unbranched alkanes of at least 4 members (excludes halogenated alkanes) is 1. The molecule has 1 unspecified atom stereocenters. The lowest BCUT2D eigenvalue weighted by Gasteiger charge is -2.21. The molecule has 4 amide bonds. The van der Waals surface area contributed by atoms with E-state index in [0.29, 0.717) is 53.0 Å². The van der Waals surface area contributed by atoms with E-state index in [2.05, 4.69) is 36.7 Å². The number of imide groups is 1. The van der Waals surface area contributed by atoms with Crippen LogP contribution in [0, 0.1) is 0 Å². The highest BCUT2D eigenvalue weighted by atomic mass is 19.1. The third-order valence-corrected chi connectivity index (χ3v) is 10.5. The van der Waals surface area contributed by atoms with Crippen LogP contribution in [0.25, 0.3) is 22.4 Å². The van der Waals surface area contributed by atoms with Crippen LogP contribution in [0.15, 0.2) is 82.6 Å². The van der Waals surface area contributed by atoms with E-state index in [4.69, 9.17) is 0 Å². The molecule has 8 rings (SSSR count). The van der Waals surface area contributed by atoms with Gasteiger partial charge in [-0.15, -0.1) is 5.10 Å². The first-order chi connectivity index (χ1) is 28.0. The van der Waals surface area contributed by atoms with E-state index in [1.54, 1.807) is 62.8 Å². The number of rotatable bonds is 13. The van der Waals surface area contributed by atoms with E-state index in [9.17, 15) is 33.2 Å². The van der Waals surface area contributed by atoms with Gasteiger partial charge in [-0.25, -0.2) is 18.7 Å². The van der Waals surface area contributed by atoms with Crippen LogP contribution in [-0.2, 0) is 23.1 Å². The minimum Gasteiger partial charge on any atom is -0.385 e. The van der Waals surface area contributed by atoms with Crippen molar-refractivity contribution in [3.63, 3.8) is 0 Å². The van der Waals surface area contributed by atoms with E-state index in [1.807, 2.05) is 18.2 Å². The normalized spacial score (nSPS) is 17.6. The van der Waals surface area contributed by atoms with Gasteiger partial charge in [-0.05, 0) is 79.8 Å². The number of carbonyl (C=O) groups is 4. The first-order valence-electron chi connectivity index (χ1n) is 18.9. The van der Waals surface area contributed by atoms with Crippen LogP contribution in [-0.4, -0.2) is 77.7 Å². The lowest BCUT2D eigenvalue weighted by molar-refractivity contribution is -0.135. The fourth-order valence-corrected chi connectivity index (χ4v) is 7.18. The average Bonchev–Trinajstić information content (AvgIpc) is 3.63. The summed E-state index contributed by atoms with van der Waals surface area (Å²) in [5, 5.41) is 18.5. The maximum Gasteiger partial charge on any atom is 0.329 e. The van der Waals surface area contributed by atoms with Crippen molar-refractivity contribution in [1.82, 2.24) is 44.2 Å². The smallest absolute Gasteiger partial charge is 0.329 e. The molecule has 2 fully saturated rings. The summed E-state index contributed by atoms with van der Waals surface area (Å²) in [6.45, 7) is 0.444. The zero-order chi connectivity index (χ0) is 40.7. The number of aromatic nitrogens is 6. The van der Waals surface area contributed by atoms with E-state index in [-0.39, 0.29) is 59.5 Å². The summed E-state index contributed by atoms with van der Waals surface area (Å²) in [6, 6.07) is 16.0. The second-order valence-corrected chi connectivity index (χ2v) is 14.4. The van der Waals surface area contributed by atoms with Gasteiger partial charge in [0, 0.05) is 57.0 Å². The second-order valence-electron chi connectivity index (χ2n) is 14.4. The number of hydrogen-bond acceptors (Lipinski definition) is 10. The summed E-state index contributed by atoms with van der Waals surface area (Å²) in [7, 11) is 3.35. The molecule has 2 aliphatic rings. The molecule has 1 saturated heterocycles. The molecule has 3 atom stereocenters. The molecule has 4 aromatic heterocycles. The van der Waals surface area contributed by atoms with E-state index in [0.717, 1.165) is 12.0 Å². The van der Waals surface area contributed by atoms with Gasteiger partial charge in [-0.2, -0.15) is 0 Å². The maximum absolute atomic E-state index is 13.6. The van der Waals surface area contributed by atoms with Gasteiger partial charge in [-0.3, -0.25) is 43.0 Å². The fourth-order valence-electron chi connectivity index (χ4n) is 7.18. The highest BCUT2D eigenvalue weighted by Gasteiger charge is 2.39. The largest absolute Gasteiger partial charge is 0.385 e. The van der Waals surface area contributed by atoms with E-state index < -0.39 is 30.1 Å².